The van der Waals surface area contributed by atoms with Gasteiger partial charge in [0.2, 0.25) is 11.5 Å². The highest BCUT2D eigenvalue weighted by molar-refractivity contribution is 5.85. The van der Waals surface area contributed by atoms with Crippen LogP contribution in [0.15, 0.2) is 89.7 Å². The van der Waals surface area contributed by atoms with Crippen LogP contribution in [0.2, 0.25) is 0 Å². The van der Waals surface area contributed by atoms with Crippen molar-refractivity contribution in [2.45, 2.75) is 63.1 Å². The number of carbonyl (C=O) groups is 1. The van der Waals surface area contributed by atoms with Gasteiger partial charge in [0, 0.05) is 11.8 Å². The Morgan fingerprint density at radius 1 is 1.18 bits per heavy atom. The maximum absolute atomic E-state index is 14.7. The minimum absolute atomic E-state index is 0.000824. The second kappa shape index (κ2) is 10.5. The number of phenolic OH excluding ortho intramolecular Hbond substituents is 1. The van der Waals surface area contributed by atoms with Crippen molar-refractivity contribution in [3.63, 3.8) is 0 Å². The lowest BCUT2D eigenvalue weighted by atomic mass is 9.67. The van der Waals surface area contributed by atoms with Gasteiger partial charge in [0.25, 0.3) is 0 Å². The molecule has 1 aliphatic carbocycles. The standard InChI is InChI=1S/C30H31F4NO4/c1-4-26-21(15-22-17-28(3,31)29(22,38)30(32,33)34)13-14-25(39-24-12-8-11-23(36)16-24)18-35(26)27(37)19(2)20-9-6-5-7-10-20/h4-12,15-17,19,25,36,38H,13-14,18H2,1-3H3/b21-15-,26-4?/t19-,25-,28?,29?/m0/s1. The Hall–Kier alpha value is -3.59. The van der Waals surface area contributed by atoms with Crippen LogP contribution < -0.4 is 4.74 Å². The number of aliphatic hydroxyl groups is 1. The van der Waals surface area contributed by atoms with Crippen molar-refractivity contribution in [2.75, 3.05) is 6.54 Å². The Balaban J connectivity index is 1.74. The first-order chi connectivity index (χ1) is 18.3. The number of rotatable bonds is 5. The van der Waals surface area contributed by atoms with Gasteiger partial charge < -0.3 is 19.8 Å². The van der Waals surface area contributed by atoms with Crippen molar-refractivity contribution in [3.8, 4) is 11.5 Å². The van der Waals surface area contributed by atoms with Gasteiger partial charge in [0.15, 0.2) is 5.67 Å². The molecule has 2 aliphatic rings. The molecule has 2 unspecified atom stereocenters. The number of allylic oxidation sites excluding steroid dienone is 2. The zero-order valence-electron chi connectivity index (χ0n) is 21.9. The molecule has 0 spiro atoms. The van der Waals surface area contributed by atoms with Crippen LogP contribution in [0.4, 0.5) is 17.6 Å². The van der Waals surface area contributed by atoms with E-state index in [9.17, 15) is 32.6 Å². The second-order valence-corrected chi connectivity index (χ2v) is 10.1. The maximum Gasteiger partial charge on any atom is 0.424 e. The molecule has 4 atom stereocenters. The van der Waals surface area contributed by atoms with E-state index in [2.05, 4.69) is 0 Å². The third-order valence-corrected chi connectivity index (χ3v) is 7.36. The minimum atomic E-state index is -5.24. The monoisotopic (exact) mass is 545 g/mol. The quantitative estimate of drug-likeness (QED) is 0.429. The van der Waals surface area contributed by atoms with Gasteiger partial charge in [-0.1, -0.05) is 48.6 Å². The van der Waals surface area contributed by atoms with Crippen molar-refractivity contribution >= 4 is 5.91 Å². The Labute approximate surface area is 224 Å². The molecule has 1 amide bonds. The fourth-order valence-electron chi connectivity index (χ4n) is 5.15. The SMILES string of the molecule is CC=C1/C(=C\C2=CC(C)(F)C2(O)C(F)(F)F)CC[C@H](Oc2cccc(O)c2)CN1C(=O)[C@@H](C)c1ccccc1. The average Bonchev–Trinajstić information content (AvgIpc) is 3.05. The van der Waals surface area contributed by atoms with Crippen LogP contribution in [0.25, 0.3) is 0 Å². The minimum Gasteiger partial charge on any atom is -0.508 e. The lowest BCUT2D eigenvalue weighted by molar-refractivity contribution is -0.285. The molecule has 9 heteroatoms. The van der Waals surface area contributed by atoms with Gasteiger partial charge in [-0.2, -0.15) is 13.2 Å². The van der Waals surface area contributed by atoms with Crippen LogP contribution in [0.1, 0.15) is 45.1 Å². The molecule has 4 rings (SSSR count). The van der Waals surface area contributed by atoms with Crippen LogP contribution in [-0.4, -0.2) is 51.1 Å². The number of halogens is 4. The Morgan fingerprint density at radius 3 is 2.46 bits per heavy atom. The highest BCUT2D eigenvalue weighted by Gasteiger charge is 2.71. The molecule has 39 heavy (non-hydrogen) atoms. The molecule has 1 heterocycles. The maximum atomic E-state index is 14.7. The van der Waals surface area contributed by atoms with E-state index >= 15 is 0 Å². The molecule has 1 saturated heterocycles. The Kier molecular flexibility index (Phi) is 7.67. The molecule has 1 aliphatic heterocycles. The van der Waals surface area contributed by atoms with Crippen molar-refractivity contribution in [2.24, 2.45) is 0 Å². The summed E-state index contributed by atoms with van der Waals surface area (Å²) in [5.41, 5.74) is -5.79. The summed E-state index contributed by atoms with van der Waals surface area (Å²) in [7, 11) is 0. The smallest absolute Gasteiger partial charge is 0.424 e. The van der Waals surface area contributed by atoms with Crippen LogP contribution >= 0.6 is 0 Å². The van der Waals surface area contributed by atoms with E-state index in [1.807, 2.05) is 30.3 Å². The molecule has 5 nitrogen and oxygen atoms in total. The number of ether oxygens (including phenoxy) is 1. The van der Waals surface area contributed by atoms with Crippen molar-refractivity contribution in [1.82, 2.24) is 4.90 Å². The number of carbonyl (C=O) groups excluding carboxylic acids is 1. The number of hydrogen-bond acceptors (Lipinski definition) is 4. The van der Waals surface area contributed by atoms with Crippen molar-refractivity contribution < 1.29 is 37.3 Å². The van der Waals surface area contributed by atoms with E-state index in [1.165, 1.54) is 17.0 Å². The second-order valence-electron chi connectivity index (χ2n) is 10.1. The summed E-state index contributed by atoms with van der Waals surface area (Å²) in [4.78, 5) is 15.3. The number of likely N-dealkylation sites (tertiary alicyclic amines) is 1. The zero-order valence-corrected chi connectivity index (χ0v) is 21.9. The topological polar surface area (TPSA) is 70.0 Å². The van der Waals surface area contributed by atoms with E-state index in [-0.39, 0.29) is 24.6 Å². The molecule has 2 aromatic rings. The normalized spacial score (nSPS) is 28.5. The van der Waals surface area contributed by atoms with E-state index in [4.69, 9.17) is 4.74 Å². The number of phenols is 1. The summed E-state index contributed by atoms with van der Waals surface area (Å²) in [6, 6.07) is 15.3. The predicted octanol–water partition coefficient (Wildman–Crippen LogP) is 6.36. The first-order valence-electron chi connectivity index (χ1n) is 12.7. The molecule has 2 N–H and O–H groups in total. The third-order valence-electron chi connectivity index (χ3n) is 7.36. The summed E-state index contributed by atoms with van der Waals surface area (Å²) in [5.74, 6) is -0.500. The van der Waals surface area contributed by atoms with Gasteiger partial charge >= 0.3 is 6.18 Å². The molecule has 208 valence electrons. The number of hydrogen-bond donors (Lipinski definition) is 2. The van der Waals surface area contributed by atoms with Gasteiger partial charge in [-0.3, -0.25) is 4.79 Å². The predicted molar refractivity (Wildman–Crippen MR) is 139 cm³/mol. The van der Waals surface area contributed by atoms with Gasteiger partial charge in [-0.05, 0) is 68.5 Å². The molecule has 2 aromatic carbocycles. The van der Waals surface area contributed by atoms with Crippen LogP contribution in [0, 0.1) is 0 Å². The zero-order chi connectivity index (χ0) is 28.6. The van der Waals surface area contributed by atoms with E-state index in [0.29, 0.717) is 30.4 Å². The third kappa shape index (κ3) is 5.32. The largest absolute Gasteiger partial charge is 0.508 e. The molecule has 0 saturated carbocycles. The average molecular weight is 546 g/mol. The molecule has 0 aromatic heterocycles. The molecular weight excluding hydrogens is 514 g/mol. The van der Waals surface area contributed by atoms with Gasteiger partial charge in [-0.25, -0.2) is 4.39 Å². The lowest BCUT2D eigenvalue weighted by Crippen LogP contribution is -2.65. The number of alkyl halides is 4. The summed E-state index contributed by atoms with van der Waals surface area (Å²) in [6.45, 7) is 4.18. The van der Waals surface area contributed by atoms with Gasteiger partial charge in [0.05, 0.1) is 12.5 Å². The Morgan fingerprint density at radius 2 is 1.87 bits per heavy atom. The number of aromatic hydroxyl groups is 1. The van der Waals surface area contributed by atoms with Gasteiger partial charge in [-0.15, -0.1) is 0 Å². The molecule has 0 radical (unpaired) electrons. The first kappa shape index (κ1) is 28.4. The van der Waals surface area contributed by atoms with Gasteiger partial charge in [0.1, 0.15) is 17.6 Å². The summed E-state index contributed by atoms with van der Waals surface area (Å²) >= 11 is 0. The molecular formula is C30H31F4NO4. The number of nitrogens with zero attached hydrogens (tertiary/aromatic N) is 1. The van der Waals surface area contributed by atoms with Crippen molar-refractivity contribution in [1.29, 1.82) is 0 Å². The fourth-order valence-corrected chi connectivity index (χ4v) is 5.15. The van der Waals surface area contributed by atoms with Crippen molar-refractivity contribution in [3.05, 3.63) is 95.2 Å². The molecule has 1 fully saturated rings. The number of benzene rings is 2. The Bertz CT molecular complexity index is 1320. The summed E-state index contributed by atoms with van der Waals surface area (Å²) < 4.78 is 62.1. The van der Waals surface area contributed by atoms with Crippen LogP contribution in [-0.2, 0) is 4.79 Å². The number of amides is 1. The van der Waals surface area contributed by atoms with E-state index < -0.39 is 35.0 Å². The summed E-state index contributed by atoms with van der Waals surface area (Å²) in [6.07, 6.45) is -1.79. The summed E-state index contributed by atoms with van der Waals surface area (Å²) in [5, 5.41) is 20.3. The highest BCUT2D eigenvalue weighted by atomic mass is 19.4. The van der Waals surface area contributed by atoms with E-state index in [1.54, 1.807) is 32.1 Å². The first-order valence-corrected chi connectivity index (χ1v) is 12.7. The lowest BCUT2D eigenvalue weighted by Gasteiger charge is -2.47. The highest BCUT2D eigenvalue weighted by Crippen LogP contribution is 2.54. The van der Waals surface area contributed by atoms with Crippen LogP contribution in [0.5, 0.6) is 11.5 Å². The van der Waals surface area contributed by atoms with E-state index in [0.717, 1.165) is 17.7 Å². The molecule has 0 bridgehead atoms. The fraction of sp³-hybridized carbons (Fsp3) is 0.367. The van der Waals surface area contributed by atoms with Crippen LogP contribution in [0.3, 0.4) is 0 Å².